The molecular weight excluding hydrogens is 949 g/mol. The van der Waals surface area contributed by atoms with Crippen molar-refractivity contribution in [2.75, 3.05) is 20.3 Å². The van der Waals surface area contributed by atoms with E-state index in [-0.39, 0.29) is 37.4 Å². The van der Waals surface area contributed by atoms with Gasteiger partial charge in [-0.3, -0.25) is 24.0 Å². The number of aliphatic hydroxyl groups excluding tert-OH is 2. The van der Waals surface area contributed by atoms with E-state index in [1.54, 1.807) is 14.0 Å². The maximum absolute atomic E-state index is 12.2. The van der Waals surface area contributed by atoms with Crippen molar-refractivity contribution in [3.63, 3.8) is 0 Å². The number of esters is 3. The molecule has 0 saturated carbocycles. The normalized spacial score (nSPS) is 13.7. The molecule has 0 aliphatic heterocycles. The lowest BCUT2D eigenvalue weighted by atomic mass is 9.99. The van der Waals surface area contributed by atoms with Gasteiger partial charge >= 0.3 is 29.8 Å². The lowest BCUT2D eigenvalue weighted by Gasteiger charge is -2.23. The zero-order valence-electron chi connectivity index (χ0n) is 47.2. The highest BCUT2D eigenvalue weighted by Gasteiger charge is 2.25. The number of carboxylic acid groups (broad SMARTS) is 2. The van der Waals surface area contributed by atoms with E-state index in [9.17, 15) is 39.0 Å². The molecule has 6 atom stereocenters. The smallest absolute Gasteiger partial charge is 0.320 e. The SMILES string of the molecule is CCCCCC(O)C(CCCCCCCCCCC(C)=O)OC(=O)CC[C@H](N)C(=O)O.CCCCCC(OC(=O)CC[C@H](N)C(=O)O)C(O)CCCCCCCCCCC(=O)OCCCCCCCCCCOC. The Morgan fingerprint density at radius 2 is 0.716 bits per heavy atom. The molecule has 4 unspecified atom stereocenters. The van der Waals surface area contributed by atoms with Gasteiger partial charge in [0.25, 0.3) is 0 Å². The van der Waals surface area contributed by atoms with Gasteiger partial charge in [-0.1, -0.05) is 168 Å². The number of aliphatic hydroxyl groups is 2. The predicted octanol–water partition coefficient (Wildman–Crippen LogP) is 11.8. The minimum atomic E-state index is -1.14. The summed E-state index contributed by atoms with van der Waals surface area (Å²) in [6.07, 6.45) is 33.2. The van der Waals surface area contributed by atoms with Gasteiger partial charge in [0, 0.05) is 39.4 Å². The van der Waals surface area contributed by atoms with Gasteiger partial charge in [0.15, 0.2) is 0 Å². The minimum Gasteiger partial charge on any atom is -0.480 e. The van der Waals surface area contributed by atoms with E-state index in [4.69, 9.17) is 40.6 Å². The molecule has 74 heavy (non-hydrogen) atoms. The molecule has 0 fully saturated rings. The van der Waals surface area contributed by atoms with Crippen molar-refractivity contribution in [3.8, 4) is 0 Å². The molecule has 0 aliphatic carbocycles. The molecule has 16 heteroatoms. The van der Waals surface area contributed by atoms with Crippen molar-refractivity contribution >= 4 is 35.6 Å². The fraction of sp³-hybridized carbons (Fsp3) is 0.897. The predicted molar refractivity (Wildman–Crippen MR) is 293 cm³/mol. The van der Waals surface area contributed by atoms with E-state index in [0.29, 0.717) is 45.1 Å². The summed E-state index contributed by atoms with van der Waals surface area (Å²) in [6, 6.07) is -2.17. The number of rotatable bonds is 53. The number of aliphatic carboxylic acids is 2. The number of nitrogens with two attached hydrogens (primary N) is 2. The van der Waals surface area contributed by atoms with Gasteiger partial charge in [0.05, 0.1) is 18.8 Å². The molecule has 0 aromatic rings. The molecule has 8 N–H and O–H groups in total. The third kappa shape index (κ3) is 49.7. The average molecular weight is 1060 g/mol. The van der Waals surface area contributed by atoms with E-state index in [0.717, 1.165) is 161 Å². The topological polar surface area (TPSA) is 272 Å². The highest BCUT2D eigenvalue weighted by molar-refractivity contribution is 5.76. The molecule has 0 radical (unpaired) electrons. The number of unbranched alkanes of at least 4 members (excludes halogenated alkanes) is 25. The van der Waals surface area contributed by atoms with E-state index in [1.165, 1.54) is 38.5 Å². The molecule has 16 nitrogen and oxygen atoms in total. The molecule has 0 bridgehead atoms. The fourth-order valence-corrected chi connectivity index (χ4v) is 8.61. The Balaban J connectivity index is 0. The summed E-state index contributed by atoms with van der Waals surface area (Å²) in [7, 11) is 1.75. The lowest BCUT2D eigenvalue weighted by molar-refractivity contribution is -0.157. The summed E-state index contributed by atoms with van der Waals surface area (Å²) < 4.78 is 21.5. The monoisotopic (exact) mass is 1060 g/mol. The standard InChI is InChI=1S/C34H65NO8.C24H45NO6/c1-3-4-17-23-31(43-33(38)26-25-29(35)34(39)40)30(36)22-18-13-9-5-6-10-14-19-24-32(37)42-28-21-16-12-8-7-11-15-20-27-41-2;1-3-4-11-15-21(27)22(31-23(28)18-17-20(25)24(29)30)16-13-10-8-6-5-7-9-12-14-19(2)26/h29-31,36H,3-28,35H2,1-2H3,(H,39,40);20-22,27H,3-18,25H2,1-2H3,(H,29,30)/t29-,30?,31?;20-,21?,22?/m00/s1. The van der Waals surface area contributed by atoms with Gasteiger partial charge in [-0.05, 0) is 84.0 Å². The molecule has 0 aromatic carbocycles. The highest BCUT2D eigenvalue weighted by Crippen LogP contribution is 2.21. The van der Waals surface area contributed by atoms with E-state index in [1.807, 2.05) is 0 Å². The molecule has 0 spiro atoms. The average Bonchev–Trinajstić information content (AvgIpc) is 3.36. The van der Waals surface area contributed by atoms with Crippen molar-refractivity contribution in [1.82, 2.24) is 0 Å². The van der Waals surface area contributed by atoms with Gasteiger partial charge in [0.1, 0.15) is 30.1 Å². The van der Waals surface area contributed by atoms with Gasteiger partial charge in [-0.2, -0.15) is 0 Å². The lowest BCUT2D eigenvalue weighted by Crippen LogP contribution is -2.33. The first-order valence-electron chi connectivity index (χ1n) is 29.4. The van der Waals surface area contributed by atoms with Crippen LogP contribution in [0.5, 0.6) is 0 Å². The Morgan fingerprint density at radius 3 is 1.09 bits per heavy atom. The summed E-state index contributed by atoms with van der Waals surface area (Å²) in [5.41, 5.74) is 10.9. The Labute approximate surface area is 448 Å². The van der Waals surface area contributed by atoms with Crippen LogP contribution < -0.4 is 11.5 Å². The summed E-state index contributed by atoms with van der Waals surface area (Å²) in [6.45, 7) is 7.23. The van der Waals surface area contributed by atoms with Crippen molar-refractivity contribution in [1.29, 1.82) is 0 Å². The molecule has 436 valence electrons. The molecule has 0 aromatic heterocycles. The van der Waals surface area contributed by atoms with Crippen molar-refractivity contribution in [3.05, 3.63) is 0 Å². The maximum Gasteiger partial charge on any atom is 0.320 e. The second-order valence-corrected chi connectivity index (χ2v) is 20.6. The van der Waals surface area contributed by atoms with Crippen LogP contribution in [-0.4, -0.2) is 113 Å². The van der Waals surface area contributed by atoms with Crippen LogP contribution in [0.2, 0.25) is 0 Å². The van der Waals surface area contributed by atoms with Crippen LogP contribution in [0.3, 0.4) is 0 Å². The number of hydrogen-bond acceptors (Lipinski definition) is 14. The third-order valence-corrected chi connectivity index (χ3v) is 13.5. The van der Waals surface area contributed by atoms with Gasteiger partial charge in [0.2, 0.25) is 0 Å². The Hall–Kier alpha value is -3.18. The number of carboxylic acids is 2. The summed E-state index contributed by atoms with van der Waals surface area (Å²) in [4.78, 5) is 68.8. The second-order valence-electron chi connectivity index (χ2n) is 20.6. The van der Waals surface area contributed by atoms with Gasteiger partial charge < -0.3 is 55.6 Å². The van der Waals surface area contributed by atoms with Crippen LogP contribution >= 0.6 is 0 Å². The van der Waals surface area contributed by atoms with Crippen LogP contribution in [0, 0.1) is 0 Å². The second kappa shape index (κ2) is 53.2. The van der Waals surface area contributed by atoms with Gasteiger partial charge in [-0.25, -0.2) is 0 Å². The molecule has 0 saturated heterocycles. The van der Waals surface area contributed by atoms with Crippen LogP contribution in [-0.2, 0) is 47.7 Å². The van der Waals surface area contributed by atoms with Crippen LogP contribution in [0.15, 0.2) is 0 Å². The first-order chi connectivity index (χ1) is 35.6. The molecule has 0 rings (SSSR count). The van der Waals surface area contributed by atoms with Crippen molar-refractivity contribution < 1.29 is 68.1 Å². The number of Topliss-reactive ketones (excluding diaryl/α,β-unsaturated/α-hetero) is 1. The first kappa shape index (κ1) is 72.9. The largest absolute Gasteiger partial charge is 0.480 e. The van der Waals surface area contributed by atoms with Crippen LogP contribution in [0.25, 0.3) is 0 Å². The summed E-state index contributed by atoms with van der Waals surface area (Å²) >= 11 is 0. The van der Waals surface area contributed by atoms with Crippen LogP contribution in [0.1, 0.15) is 278 Å². The molecular formula is C58H110N2O14. The third-order valence-electron chi connectivity index (χ3n) is 13.5. The van der Waals surface area contributed by atoms with Gasteiger partial charge in [-0.15, -0.1) is 0 Å². The first-order valence-corrected chi connectivity index (χ1v) is 29.4. The molecule has 0 amide bonds. The van der Waals surface area contributed by atoms with Crippen molar-refractivity contribution in [2.24, 2.45) is 11.5 Å². The number of ketones is 1. The number of ether oxygens (including phenoxy) is 4. The minimum absolute atomic E-state index is 0.0209. The fourth-order valence-electron chi connectivity index (χ4n) is 8.61. The number of carbonyl (C=O) groups excluding carboxylic acids is 4. The summed E-state index contributed by atoms with van der Waals surface area (Å²) in [5.74, 6) is -3.09. The molecule has 0 heterocycles. The maximum atomic E-state index is 12.2. The van der Waals surface area contributed by atoms with Crippen LogP contribution in [0.4, 0.5) is 0 Å². The Kier molecular flexibility index (Phi) is 52.4. The van der Waals surface area contributed by atoms with E-state index >= 15 is 0 Å². The summed E-state index contributed by atoms with van der Waals surface area (Å²) in [5, 5.41) is 38.9. The zero-order chi connectivity index (χ0) is 55.5. The Bertz CT molecular complexity index is 1370. The number of methoxy groups -OCH3 is 1. The van der Waals surface area contributed by atoms with E-state index in [2.05, 4.69) is 13.8 Å². The highest BCUT2D eigenvalue weighted by atomic mass is 16.6. The van der Waals surface area contributed by atoms with E-state index < -0.39 is 60.4 Å². The number of carbonyl (C=O) groups is 6. The quantitative estimate of drug-likeness (QED) is 0.0188. The number of hydrogen-bond donors (Lipinski definition) is 6. The van der Waals surface area contributed by atoms with Crippen molar-refractivity contribution in [2.45, 2.75) is 314 Å². The Morgan fingerprint density at radius 1 is 0.392 bits per heavy atom. The zero-order valence-corrected chi connectivity index (χ0v) is 47.2. The molecule has 0 aliphatic rings.